The highest BCUT2D eigenvalue weighted by atomic mass is 32.2. The van der Waals surface area contributed by atoms with Gasteiger partial charge in [-0.05, 0) is 60.2 Å². The largest absolute Gasteiger partial charge is 0.354 e. The molecule has 8 heteroatoms. The highest BCUT2D eigenvalue weighted by molar-refractivity contribution is 7.92. The summed E-state index contributed by atoms with van der Waals surface area (Å²) in [7, 11) is -4.12. The van der Waals surface area contributed by atoms with Crippen LogP contribution in [0, 0.1) is 12.8 Å². The Morgan fingerprint density at radius 1 is 0.778 bits per heavy atom. The Kier molecular flexibility index (Phi) is 11.5. The van der Waals surface area contributed by atoms with Gasteiger partial charge in [0, 0.05) is 19.5 Å². The number of carbonyl (C=O) groups is 2. The van der Waals surface area contributed by atoms with E-state index in [-0.39, 0.29) is 29.7 Å². The Bertz CT molecular complexity index is 1660. The Hall–Kier alpha value is -4.43. The zero-order chi connectivity index (χ0) is 32.4. The molecule has 0 aromatic heterocycles. The summed E-state index contributed by atoms with van der Waals surface area (Å²) in [6, 6.07) is 31.8. The summed E-state index contributed by atoms with van der Waals surface area (Å²) in [5, 5.41) is 3.02. The second-order valence-corrected chi connectivity index (χ2v) is 13.6. The summed E-state index contributed by atoms with van der Waals surface area (Å²) in [5.41, 5.74) is 4.20. The van der Waals surface area contributed by atoms with Gasteiger partial charge in [-0.25, -0.2) is 8.42 Å². The van der Waals surface area contributed by atoms with E-state index in [0.29, 0.717) is 12.2 Å². The second kappa shape index (κ2) is 15.5. The lowest BCUT2D eigenvalue weighted by atomic mass is 10.0. The molecule has 0 aliphatic heterocycles. The first kappa shape index (κ1) is 33.5. The molecule has 1 unspecified atom stereocenters. The van der Waals surface area contributed by atoms with Crippen LogP contribution < -0.4 is 9.62 Å². The maximum Gasteiger partial charge on any atom is 0.264 e. The minimum absolute atomic E-state index is 0.0816. The minimum Gasteiger partial charge on any atom is -0.354 e. The molecule has 0 aliphatic rings. The molecule has 4 aromatic carbocycles. The molecule has 0 radical (unpaired) electrons. The molecule has 0 fully saturated rings. The van der Waals surface area contributed by atoms with Crippen molar-refractivity contribution in [1.82, 2.24) is 10.2 Å². The number of aryl methyl sites for hydroxylation is 2. The summed E-state index contributed by atoms with van der Waals surface area (Å²) >= 11 is 0. The first-order chi connectivity index (χ1) is 21.6. The average Bonchev–Trinajstić information content (AvgIpc) is 3.05. The van der Waals surface area contributed by atoms with Gasteiger partial charge in [0.1, 0.15) is 12.6 Å². The molecule has 1 atom stereocenters. The second-order valence-electron chi connectivity index (χ2n) is 11.7. The van der Waals surface area contributed by atoms with Crippen molar-refractivity contribution in [1.29, 1.82) is 0 Å². The van der Waals surface area contributed by atoms with Crippen LogP contribution in [0.4, 0.5) is 5.69 Å². The van der Waals surface area contributed by atoms with Crippen molar-refractivity contribution in [3.63, 3.8) is 0 Å². The van der Waals surface area contributed by atoms with Crippen molar-refractivity contribution < 1.29 is 18.0 Å². The maximum atomic E-state index is 14.5. The van der Waals surface area contributed by atoms with Crippen LogP contribution in [0.2, 0.25) is 0 Å². The lowest BCUT2D eigenvalue weighted by molar-refractivity contribution is -0.140. The zero-order valence-electron chi connectivity index (χ0n) is 26.5. The number of hydrogen-bond donors (Lipinski definition) is 1. The van der Waals surface area contributed by atoms with E-state index < -0.39 is 28.5 Å². The van der Waals surface area contributed by atoms with Crippen LogP contribution in [0.3, 0.4) is 0 Å². The first-order valence-electron chi connectivity index (χ1n) is 15.4. The molecule has 7 nitrogen and oxygen atoms in total. The Balaban J connectivity index is 1.79. The maximum absolute atomic E-state index is 14.5. The summed E-state index contributed by atoms with van der Waals surface area (Å²) in [6.45, 7) is 8.14. The Morgan fingerprint density at radius 2 is 1.40 bits per heavy atom. The van der Waals surface area contributed by atoms with E-state index in [1.807, 2.05) is 94.4 Å². The molecule has 236 valence electrons. The van der Waals surface area contributed by atoms with Gasteiger partial charge in [0.15, 0.2) is 0 Å². The number of carbonyl (C=O) groups excluding carboxylic acids is 2. The van der Waals surface area contributed by atoms with E-state index in [1.165, 1.54) is 17.0 Å². The van der Waals surface area contributed by atoms with Crippen molar-refractivity contribution >= 4 is 27.5 Å². The molecule has 2 amide bonds. The third-order valence-corrected chi connectivity index (χ3v) is 9.42. The van der Waals surface area contributed by atoms with Crippen molar-refractivity contribution in [3.8, 4) is 0 Å². The van der Waals surface area contributed by atoms with Crippen LogP contribution in [0.1, 0.15) is 43.0 Å². The molecular formula is C37H43N3O4S. The molecule has 1 N–H and O–H groups in total. The summed E-state index contributed by atoms with van der Waals surface area (Å²) < 4.78 is 29.3. The van der Waals surface area contributed by atoms with Gasteiger partial charge in [0.25, 0.3) is 10.0 Å². The monoisotopic (exact) mass is 625 g/mol. The van der Waals surface area contributed by atoms with E-state index in [0.717, 1.165) is 33.0 Å². The predicted octanol–water partition coefficient (Wildman–Crippen LogP) is 6.17. The van der Waals surface area contributed by atoms with E-state index in [9.17, 15) is 18.0 Å². The quantitative estimate of drug-likeness (QED) is 0.182. The number of hydrogen-bond acceptors (Lipinski definition) is 4. The van der Waals surface area contributed by atoms with Gasteiger partial charge in [0.2, 0.25) is 11.8 Å². The number of anilines is 1. The molecule has 0 spiro atoms. The molecule has 0 aliphatic carbocycles. The fraction of sp³-hybridized carbons (Fsp3) is 0.297. The van der Waals surface area contributed by atoms with Crippen LogP contribution in [0.15, 0.2) is 114 Å². The fourth-order valence-corrected chi connectivity index (χ4v) is 6.57. The van der Waals surface area contributed by atoms with Gasteiger partial charge in [-0.3, -0.25) is 13.9 Å². The summed E-state index contributed by atoms with van der Waals surface area (Å²) in [4.78, 5) is 30.0. The third kappa shape index (κ3) is 9.05. The molecule has 0 saturated carbocycles. The Morgan fingerprint density at radius 3 is 2.00 bits per heavy atom. The van der Waals surface area contributed by atoms with E-state index in [4.69, 9.17) is 0 Å². The Labute approximate surface area is 268 Å². The van der Waals surface area contributed by atoms with E-state index in [1.54, 1.807) is 30.3 Å². The van der Waals surface area contributed by atoms with Gasteiger partial charge < -0.3 is 10.2 Å². The smallest absolute Gasteiger partial charge is 0.264 e. The first-order valence-corrected chi connectivity index (χ1v) is 16.9. The van der Waals surface area contributed by atoms with E-state index in [2.05, 4.69) is 5.32 Å². The van der Waals surface area contributed by atoms with Gasteiger partial charge in [0.05, 0.1) is 10.6 Å². The number of nitrogens with one attached hydrogen (secondary N) is 1. The number of sulfonamides is 1. The average molecular weight is 626 g/mol. The normalized spacial score (nSPS) is 12.0. The highest BCUT2D eigenvalue weighted by Gasteiger charge is 2.34. The number of amides is 2. The van der Waals surface area contributed by atoms with Crippen molar-refractivity contribution in [2.45, 2.75) is 58.0 Å². The minimum atomic E-state index is -4.12. The van der Waals surface area contributed by atoms with Crippen LogP contribution in [0.5, 0.6) is 0 Å². The number of benzene rings is 4. The highest BCUT2D eigenvalue weighted by Crippen LogP contribution is 2.26. The SMILES string of the molecule is CCc1ccc(N(CC(=O)N(Cc2cccc(C)c2)C(Cc2ccccc2)C(=O)NCC(C)C)S(=O)(=O)c2ccccc2)cc1. The zero-order valence-corrected chi connectivity index (χ0v) is 27.3. The summed E-state index contributed by atoms with van der Waals surface area (Å²) in [5.74, 6) is -0.542. The molecular weight excluding hydrogens is 582 g/mol. The fourth-order valence-electron chi connectivity index (χ4n) is 5.13. The third-order valence-electron chi connectivity index (χ3n) is 7.63. The van der Waals surface area contributed by atoms with Crippen LogP contribution in [0.25, 0.3) is 0 Å². The number of rotatable bonds is 14. The van der Waals surface area contributed by atoms with Crippen molar-refractivity contribution in [2.75, 3.05) is 17.4 Å². The lowest BCUT2D eigenvalue weighted by Gasteiger charge is -2.34. The standard InChI is InChI=1S/C37H43N3O4S/c1-5-30-19-21-33(22-20-30)40(45(43,44)34-17-10-7-11-18-34)27-36(41)39(26-32-16-12-13-29(4)23-32)35(37(42)38-25-28(2)3)24-31-14-8-6-9-15-31/h6-23,28,35H,5,24-27H2,1-4H3,(H,38,42). The van der Waals surface area contributed by atoms with Gasteiger partial charge in [-0.15, -0.1) is 0 Å². The van der Waals surface area contributed by atoms with Gasteiger partial charge >= 0.3 is 0 Å². The van der Waals surface area contributed by atoms with Crippen molar-refractivity contribution in [2.24, 2.45) is 5.92 Å². The van der Waals surface area contributed by atoms with Gasteiger partial charge in [-0.1, -0.05) is 111 Å². The molecule has 0 saturated heterocycles. The van der Waals surface area contributed by atoms with E-state index >= 15 is 0 Å². The molecule has 4 rings (SSSR count). The number of nitrogens with zero attached hydrogens (tertiary/aromatic N) is 2. The predicted molar refractivity (Wildman–Crippen MR) is 180 cm³/mol. The molecule has 4 aromatic rings. The van der Waals surface area contributed by atoms with Crippen LogP contribution in [-0.2, 0) is 39.0 Å². The van der Waals surface area contributed by atoms with Crippen molar-refractivity contribution in [3.05, 3.63) is 131 Å². The lowest BCUT2D eigenvalue weighted by Crippen LogP contribution is -2.53. The van der Waals surface area contributed by atoms with Crippen LogP contribution in [-0.4, -0.2) is 44.3 Å². The van der Waals surface area contributed by atoms with Crippen LogP contribution >= 0.6 is 0 Å². The summed E-state index contributed by atoms with van der Waals surface area (Å²) in [6.07, 6.45) is 1.07. The molecule has 45 heavy (non-hydrogen) atoms. The van der Waals surface area contributed by atoms with Gasteiger partial charge in [-0.2, -0.15) is 0 Å². The molecule has 0 bridgehead atoms. The molecule has 0 heterocycles. The topological polar surface area (TPSA) is 86.8 Å².